The van der Waals surface area contributed by atoms with Crippen LogP contribution in [0.3, 0.4) is 0 Å². The third-order valence-corrected chi connectivity index (χ3v) is 2.75. The summed E-state index contributed by atoms with van der Waals surface area (Å²) < 4.78 is 0. The first-order chi connectivity index (χ1) is 6.65. The molecule has 1 unspecified atom stereocenters. The molecule has 0 aromatic heterocycles. The number of nitrogens with one attached hydrogen (secondary N) is 1. The van der Waals surface area contributed by atoms with Gasteiger partial charge in [-0.15, -0.1) is 0 Å². The Morgan fingerprint density at radius 1 is 1.43 bits per heavy atom. The number of aliphatic carboxylic acids is 1. The summed E-state index contributed by atoms with van der Waals surface area (Å²) in [6, 6.07) is -0.719. The fourth-order valence-electron chi connectivity index (χ4n) is 1.82. The van der Waals surface area contributed by atoms with Gasteiger partial charge in [0.15, 0.2) is 0 Å². The SMILES string of the molecule is CCC(NC(=O)C1CCCC1)C(=O)O. The van der Waals surface area contributed by atoms with Gasteiger partial charge >= 0.3 is 5.97 Å². The van der Waals surface area contributed by atoms with Gasteiger partial charge in [0.05, 0.1) is 0 Å². The van der Waals surface area contributed by atoms with Crippen LogP contribution < -0.4 is 5.32 Å². The summed E-state index contributed by atoms with van der Waals surface area (Å²) >= 11 is 0. The molecule has 0 bridgehead atoms. The van der Waals surface area contributed by atoms with Gasteiger partial charge in [-0.2, -0.15) is 0 Å². The zero-order valence-electron chi connectivity index (χ0n) is 8.45. The van der Waals surface area contributed by atoms with Gasteiger partial charge < -0.3 is 10.4 Å². The summed E-state index contributed by atoms with van der Waals surface area (Å²) in [5.41, 5.74) is 0. The highest BCUT2D eigenvalue weighted by Crippen LogP contribution is 2.24. The topological polar surface area (TPSA) is 66.4 Å². The molecule has 1 saturated carbocycles. The second kappa shape index (κ2) is 4.98. The molecular formula is C10H17NO3. The largest absolute Gasteiger partial charge is 0.480 e. The number of hydrogen-bond acceptors (Lipinski definition) is 2. The van der Waals surface area contributed by atoms with E-state index in [-0.39, 0.29) is 11.8 Å². The minimum Gasteiger partial charge on any atom is -0.480 e. The lowest BCUT2D eigenvalue weighted by molar-refractivity contribution is -0.142. The molecular weight excluding hydrogens is 182 g/mol. The zero-order valence-corrected chi connectivity index (χ0v) is 8.45. The number of carbonyl (C=O) groups is 2. The Morgan fingerprint density at radius 2 is 2.00 bits per heavy atom. The lowest BCUT2D eigenvalue weighted by Crippen LogP contribution is -2.42. The molecule has 4 nitrogen and oxygen atoms in total. The van der Waals surface area contributed by atoms with Crippen LogP contribution in [0.25, 0.3) is 0 Å². The van der Waals surface area contributed by atoms with Crippen molar-refractivity contribution in [3.8, 4) is 0 Å². The molecule has 0 aromatic carbocycles. The van der Waals surface area contributed by atoms with Crippen LogP contribution in [0.15, 0.2) is 0 Å². The first-order valence-corrected chi connectivity index (χ1v) is 5.18. The summed E-state index contributed by atoms with van der Waals surface area (Å²) in [5.74, 6) is -0.987. The van der Waals surface area contributed by atoms with Crippen molar-refractivity contribution in [1.82, 2.24) is 5.32 Å². The molecule has 0 aromatic rings. The Balaban J connectivity index is 2.41. The Kier molecular flexibility index (Phi) is 3.92. The van der Waals surface area contributed by atoms with Crippen LogP contribution in [0, 0.1) is 5.92 Å². The van der Waals surface area contributed by atoms with Gasteiger partial charge in [0.1, 0.15) is 6.04 Å². The van der Waals surface area contributed by atoms with Crippen molar-refractivity contribution in [2.75, 3.05) is 0 Å². The molecule has 0 aliphatic heterocycles. The Bertz CT molecular complexity index is 221. The van der Waals surface area contributed by atoms with Crippen LogP contribution >= 0.6 is 0 Å². The fourth-order valence-corrected chi connectivity index (χ4v) is 1.82. The molecule has 0 saturated heterocycles. The minimum atomic E-state index is -0.946. The maximum Gasteiger partial charge on any atom is 0.326 e. The van der Waals surface area contributed by atoms with Crippen LogP contribution in [0.2, 0.25) is 0 Å². The van der Waals surface area contributed by atoms with E-state index < -0.39 is 12.0 Å². The van der Waals surface area contributed by atoms with E-state index in [0.717, 1.165) is 25.7 Å². The van der Waals surface area contributed by atoms with Crippen molar-refractivity contribution in [3.05, 3.63) is 0 Å². The molecule has 1 rings (SSSR count). The summed E-state index contributed by atoms with van der Waals surface area (Å²) in [5, 5.41) is 11.3. The van der Waals surface area contributed by atoms with Crippen LogP contribution in [-0.4, -0.2) is 23.0 Å². The molecule has 1 fully saturated rings. The quantitative estimate of drug-likeness (QED) is 0.714. The van der Waals surface area contributed by atoms with Crippen molar-refractivity contribution in [3.63, 3.8) is 0 Å². The molecule has 1 amide bonds. The normalized spacial score (nSPS) is 19.2. The molecule has 0 heterocycles. The second-order valence-corrected chi connectivity index (χ2v) is 3.79. The van der Waals surface area contributed by atoms with Gasteiger partial charge in [0.2, 0.25) is 5.91 Å². The molecule has 2 N–H and O–H groups in total. The standard InChI is InChI=1S/C10H17NO3/c1-2-8(10(13)14)11-9(12)7-5-3-4-6-7/h7-8H,2-6H2,1H3,(H,11,12)(H,13,14). The molecule has 0 radical (unpaired) electrons. The van der Waals surface area contributed by atoms with E-state index in [1.165, 1.54) is 0 Å². The third kappa shape index (κ3) is 2.72. The predicted molar refractivity (Wildman–Crippen MR) is 51.8 cm³/mol. The van der Waals surface area contributed by atoms with Gasteiger partial charge in [-0.25, -0.2) is 4.79 Å². The molecule has 80 valence electrons. The maximum absolute atomic E-state index is 11.5. The molecule has 1 atom stereocenters. The summed E-state index contributed by atoms with van der Waals surface area (Å²) in [4.78, 5) is 22.2. The fraction of sp³-hybridized carbons (Fsp3) is 0.800. The van der Waals surface area contributed by atoms with E-state index in [1.54, 1.807) is 6.92 Å². The maximum atomic E-state index is 11.5. The lowest BCUT2D eigenvalue weighted by Gasteiger charge is -2.15. The average molecular weight is 199 g/mol. The molecule has 1 aliphatic rings. The average Bonchev–Trinajstić information content (AvgIpc) is 2.65. The van der Waals surface area contributed by atoms with Gasteiger partial charge in [-0.05, 0) is 19.3 Å². The van der Waals surface area contributed by atoms with Crippen molar-refractivity contribution < 1.29 is 14.7 Å². The summed E-state index contributed by atoms with van der Waals surface area (Å²) in [6.07, 6.45) is 4.42. The number of carboxylic acids is 1. The van der Waals surface area contributed by atoms with Crippen molar-refractivity contribution in [1.29, 1.82) is 0 Å². The monoisotopic (exact) mass is 199 g/mol. The predicted octanol–water partition coefficient (Wildman–Crippen LogP) is 1.16. The van der Waals surface area contributed by atoms with Crippen molar-refractivity contribution in [2.45, 2.75) is 45.1 Å². The zero-order chi connectivity index (χ0) is 10.6. The van der Waals surface area contributed by atoms with Crippen molar-refractivity contribution >= 4 is 11.9 Å². The molecule has 0 spiro atoms. The van der Waals surface area contributed by atoms with Crippen LogP contribution in [0.1, 0.15) is 39.0 Å². The van der Waals surface area contributed by atoms with E-state index in [0.29, 0.717) is 6.42 Å². The van der Waals surface area contributed by atoms with Crippen LogP contribution in [0.4, 0.5) is 0 Å². The number of amides is 1. The van der Waals surface area contributed by atoms with Crippen LogP contribution in [-0.2, 0) is 9.59 Å². The van der Waals surface area contributed by atoms with E-state index in [4.69, 9.17) is 5.11 Å². The van der Waals surface area contributed by atoms with E-state index in [2.05, 4.69) is 5.32 Å². The highest BCUT2D eigenvalue weighted by Gasteiger charge is 2.26. The van der Waals surface area contributed by atoms with Crippen LogP contribution in [0.5, 0.6) is 0 Å². The summed E-state index contributed by atoms with van der Waals surface area (Å²) in [6.45, 7) is 1.76. The molecule has 14 heavy (non-hydrogen) atoms. The number of hydrogen-bond donors (Lipinski definition) is 2. The van der Waals surface area contributed by atoms with Gasteiger partial charge in [-0.3, -0.25) is 4.79 Å². The number of carbonyl (C=O) groups excluding carboxylic acids is 1. The van der Waals surface area contributed by atoms with E-state index in [9.17, 15) is 9.59 Å². The van der Waals surface area contributed by atoms with Gasteiger partial charge in [0, 0.05) is 5.92 Å². The second-order valence-electron chi connectivity index (χ2n) is 3.79. The molecule has 4 heteroatoms. The minimum absolute atomic E-state index is 0.0448. The first-order valence-electron chi connectivity index (χ1n) is 5.18. The smallest absolute Gasteiger partial charge is 0.326 e. The Morgan fingerprint density at radius 3 is 2.43 bits per heavy atom. The third-order valence-electron chi connectivity index (χ3n) is 2.75. The van der Waals surface area contributed by atoms with E-state index in [1.807, 2.05) is 0 Å². The summed E-state index contributed by atoms with van der Waals surface area (Å²) in [7, 11) is 0. The van der Waals surface area contributed by atoms with Crippen molar-refractivity contribution in [2.24, 2.45) is 5.92 Å². The van der Waals surface area contributed by atoms with Gasteiger partial charge in [-0.1, -0.05) is 19.8 Å². The lowest BCUT2D eigenvalue weighted by atomic mass is 10.1. The Hall–Kier alpha value is -1.06. The highest BCUT2D eigenvalue weighted by atomic mass is 16.4. The number of carboxylic acid groups (broad SMARTS) is 1. The van der Waals surface area contributed by atoms with Gasteiger partial charge in [0.25, 0.3) is 0 Å². The molecule has 1 aliphatic carbocycles. The number of rotatable bonds is 4. The Labute approximate surface area is 83.7 Å². The highest BCUT2D eigenvalue weighted by molar-refractivity contribution is 5.85. The first kappa shape index (κ1) is 11.0. The van der Waals surface area contributed by atoms with E-state index >= 15 is 0 Å².